The van der Waals surface area contributed by atoms with E-state index < -0.39 is 17.7 Å². The second-order valence-corrected chi connectivity index (χ2v) is 10.1. The van der Waals surface area contributed by atoms with Gasteiger partial charge in [0.1, 0.15) is 30.5 Å². The number of aliphatic hydroxyl groups is 1. The Morgan fingerprint density at radius 1 is 0.810 bits per heavy atom. The fourth-order valence-electron chi connectivity index (χ4n) is 4.98. The number of amides is 1. The first-order valence-corrected chi connectivity index (χ1v) is 13.8. The van der Waals surface area contributed by atoms with Gasteiger partial charge in [0.15, 0.2) is 0 Å². The number of ketones is 1. The fourth-order valence-corrected chi connectivity index (χ4v) is 4.98. The molecule has 1 amide bonds. The molecule has 7 heteroatoms. The van der Waals surface area contributed by atoms with Gasteiger partial charge in [0.25, 0.3) is 11.7 Å². The highest BCUT2D eigenvalue weighted by Gasteiger charge is 2.45. The van der Waals surface area contributed by atoms with Gasteiger partial charge in [-0.2, -0.15) is 0 Å². The highest BCUT2D eigenvalue weighted by atomic mass is 16.5. The van der Waals surface area contributed by atoms with Crippen LogP contribution in [0.5, 0.6) is 11.5 Å². The molecule has 1 aliphatic heterocycles. The van der Waals surface area contributed by atoms with Crippen molar-refractivity contribution in [2.75, 3.05) is 20.3 Å². The van der Waals surface area contributed by atoms with E-state index in [1.807, 2.05) is 79.7 Å². The largest absolute Gasteiger partial charge is 0.507 e. The lowest BCUT2D eigenvalue weighted by Gasteiger charge is -2.25. The van der Waals surface area contributed by atoms with Crippen molar-refractivity contribution in [2.24, 2.45) is 0 Å². The number of likely N-dealkylation sites (tertiary alicyclic amines) is 1. The molecule has 0 radical (unpaired) electrons. The zero-order valence-electron chi connectivity index (χ0n) is 23.7. The van der Waals surface area contributed by atoms with Gasteiger partial charge in [0, 0.05) is 19.2 Å². The lowest BCUT2D eigenvalue weighted by atomic mass is 9.94. The lowest BCUT2D eigenvalue weighted by molar-refractivity contribution is -0.140. The lowest BCUT2D eigenvalue weighted by Crippen LogP contribution is -2.32. The quantitative estimate of drug-likeness (QED) is 0.132. The van der Waals surface area contributed by atoms with E-state index in [1.165, 1.54) is 12.0 Å². The van der Waals surface area contributed by atoms with Crippen LogP contribution in [0.1, 0.15) is 33.9 Å². The van der Waals surface area contributed by atoms with Crippen LogP contribution in [0.15, 0.2) is 109 Å². The number of benzene rings is 4. The Labute approximate surface area is 245 Å². The van der Waals surface area contributed by atoms with E-state index in [9.17, 15) is 14.7 Å². The van der Waals surface area contributed by atoms with E-state index in [0.717, 1.165) is 16.7 Å². The molecule has 1 heterocycles. The summed E-state index contributed by atoms with van der Waals surface area (Å²) in [6.07, 6.45) is 0. The second-order valence-electron chi connectivity index (χ2n) is 10.1. The summed E-state index contributed by atoms with van der Waals surface area (Å²) in [4.78, 5) is 27.9. The molecule has 0 spiro atoms. The minimum atomic E-state index is -0.780. The molecular weight excluding hydrogens is 530 g/mol. The average Bonchev–Trinajstić information content (AvgIpc) is 3.28. The van der Waals surface area contributed by atoms with Crippen molar-refractivity contribution in [1.82, 2.24) is 4.90 Å². The Balaban J connectivity index is 1.42. The Bertz CT molecular complexity index is 1560. The van der Waals surface area contributed by atoms with Gasteiger partial charge in [-0.15, -0.1) is 0 Å². The smallest absolute Gasteiger partial charge is 0.295 e. The molecule has 4 aromatic carbocycles. The Kier molecular flexibility index (Phi) is 8.99. The molecule has 1 fully saturated rings. The third-order valence-corrected chi connectivity index (χ3v) is 7.21. The Morgan fingerprint density at radius 2 is 1.43 bits per heavy atom. The first kappa shape index (κ1) is 28.6. The summed E-state index contributed by atoms with van der Waals surface area (Å²) in [5, 5.41) is 11.5. The number of hydrogen-bond acceptors (Lipinski definition) is 6. The maximum atomic E-state index is 13.3. The van der Waals surface area contributed by atoms with E-state index in [0.29, 0.717) is 35.8 Å². The van der Waals surface area contributed by atoms with Crippen LogP contribution in [0.2, 0.25) is 0 Å². The Hall–Kier alpha value is -4.88. The van der Waals surface area contributed by atoms with E-state index in [2.05, 4.69) is 0 Å². The normalized spacial score (nSPS) is 16.0. The van der Waals surface area contributed by atoms with Crippen LogP contribution in [0.4, 0.5) is 0 Å². The van der Waals surface area contributed by atoms with E-state index in [-0.39, 0.29) is 24.5 Å². The predicted octanol–water partition coefficient (Wildman–Crippen LogP) is 6.22. The first-order chi connectivity index (χ1) is 20.5. The SMILES string of the molecule is COCCN1C(=O)C(=O)/C(=C(/O)c2ccc(OCc3ccccc3)c(C)c2)C1c1ccc(OCc2ccccc2)cc1. The summed E-state index contributed by atoms with van der Waals surface area (Å²) in [5.74, 6) is -0.334. The van der Waals surface area contributed by atoms with Crippen molar-refractivity contribution < 1.29 is 28.9 Å². The highest BCUT2D eigenvalue weighted by molar-refractivity contribution is 6.46. The van der Waals surface area contributed by atoms with E-state index in [1.54, 1.807) is 30.3 Å². The second kappa shape index (κ2) is 13.2. The first-order valence-electron chi connectivity index (χ1n) is 13.8. The molecule has 1 N–H and O–H groups in total. The Morgan fingerprint density at radius 3 is 2.02 bits per heavy atom. The van der Waals surface area contributed by atoms with Gasteiger partial charge in [-0.1, -0.05) is 72.8 Å². The van der Waals surface area contributed by atoms with Crippen LogP contribution in [0, 0.1) is 6.92 Å². The van der Waals surface area contributed by atoms with Crippen LogP contribution in [-0.2, 0) is 27.5 Å². The minimum absolute atomic E-state index is 0.0337. The minimum Gasteiger partial charge on any atom is -0.507 e. The number of aliphatic hydroxyl groups excluding tert-OH is 1. The molecule has 42 heavy (non-hydrogen) atoms. The van der Waals surface area contributed by atoms with Gasteiger partial charge in [0.05, 0.1) is 18.2 Å². The molecule has 7 nitrogen and oxygen atoms in total. The molecule has 0 aromatic heterocycles. The maximum Gasteiger partial charge on any atom is 0.295 e. The number of hydrogen-bond donors (Lipinski definition) is 1. The van der Waals surface area contributed by atoms with E-state index >= 15 is 0 Å². The number of rotatable bonds is 11. The van der Waals surface area contributed by atoms with Crippen molar-refractivity contribution in [3.8, 4) is 11.5 Å². The van der Waals surface area contributed by atoms with Crippen molar-refractivity contribution in [3.63, 3.8) is 0 Å². The van der Waals surface area contributed by atoms with Gasteiger partial charge in [-0.3, -0.25) is 9.59 Å². The molecule has 0 saturated carbocycles. The summed E-state index contributed by atoms with van der Waals surface area (Å²) >= 11 is 0. The number of methoxy groups -OCH3 is 1. The summed E-state index contributed by atoms with van der Waals surface area (Å²) in [6.45, 7) is 3.13. The van der Waals surface area contributed by atoms with Crippen LogP contribution in [0.3, 0.4) is 0 Å². The van der Waals surface area contributed by atoms with E-state index in [4.69, 9.17) is 14.2 Å². The van der Waals surface area contributed by atoms with Gasteiger partial charge >= 0.3 is 0 Å². The van der Waals surface area contributed by atoms with Gasteiger partial charge in [0.2, 0.25) is 0 Å². The van der Waals surface area contributed by atoms with Crippen LogP contribution < -0.4 is 9.47 Å². The fraction of sp³-hybridized carbons (Fsp3) is 0.200. The molecule has 5 rings (SSSR count). The van der Waals surface area contributed by atoms with Crippen LogP contribution >= 0.6 is 0 Å². The van der Waals surface area contributed by atoms with Gasteiger partial charge < -0.3 is 24.2 Å². The topological polar surface area (TPSA) is 85.3 Å². The molecule has 1 aliphatic rings. The maximum absolute atomic E-state index is 13.3. The average molecular weight is 564 g/mol. The standard InChI is InChI=1S/C35H33NO6/c1-24-21-28(15-18-30(24)42-23-26-11-7-4-8-12-26)33(37)31-32(36(19-20-40-2)35(39)34(31)38)27-13-16-29(17-14-27)41-22-25-9-5-3-6-10-25/h3-18,21,32,37H,19-20,22-23H2,1-2H3/b33-31+. The van der Waals surface area contributed by atoms with Crippen LogP contribution in [0.25, 0.3) is 5.76 Å². The molecule has 4 aromatic rings. The van der Waals surface area contributed by atoms with Crippen molar-refractivity contribution in [2.45, 2.75) is 26.2 Å². The molecule has 1 atom stereocenters. The summed E-state index contributed by atoms with van der Waals surface area (Å²) in [5.41, 5.74) is 4.01. The molecular formula is C35H33NO6. The number of Topliss-reactive ketones (excluding diaryl/α,β-unsaturated/α-hetero) is 1. The van der Waals surface area contributed by atoms with Gasteiger partial charge in [-0.25, -0.2) is 0 Å². The summed E-state index contributed by atoms with van der Waals surface area (Å²) in [7, 11) is 1.54. The predicted molar refractivity (Wildman–Crippen MR) is 160 cm³/mol. The molecule has 214 valence electrons. The van der Waals surface area contributed by atoms with Crippen molar-refractivity contribution in [1.29, 1.82) is 0 Å². The number of ether oxygens (including phenoxy) is 3. The molecule has 0 aliphatic carbocycles. The number of nitrogens with zero attached hydrogens (tertiary/aromatic N) is 1. The van der Waals surface area contributed by atoms with Crippen molar-refractivity contribution >= 4 is 17.4 Å². The number of aryl methyl sites for hydroxylation is 1. The highest BCUT2D eigenvalue weighted by Crippen LogP contribution is 2.40. The number of carbonyl (C=O) groups is 2. The molecule has 0 bridgehead atoms. The molecule has 1 unspecified atom stereocenters. The van der Waals surface area contributed by atoms with Crippen molar-refractivity contribution in [3.05, 3.63) is 137 Å². The number of carbonyl (C=O) groups excluding carboxylic acids is 2. The summed E-state index contributed by atoms with van der Waals surface area (Å²) in [6, 6.07) is 31.4. The zero-order valence-corrected chi connectivity index (χ0v) is 23.7. The monoisotopic (exact) mass is 563 g/mol. The third kappa shape index (κ3) is 6.37. The van der Waals surface area contributed by atoms with Crippen LogP contribution in [-0.4, -0.2) is 42.0 Å². The molecule has 1 saturated heterocycles. The van der Waals surface area contributed by atoms with Gasteiger partial charge in [-0.05, 0) is 59.5 Å². The summed E-state index contributed by atoms with van der Waals surface area (Å²) < 4.78 is 17.1. The zero-order chi connectivity index (χ0) is 29.5. The third-order valence-electron chi connectivity index (χ3n) is 7.21.